The summed E-state index contributed by atoms with van der Waals surface area (Å²) in [5.41, 5.74) is 9.21. The van der Waals surface area contributed by atoms with E-state index in [1.54, 1.807) is 18.2 Å². The molecule has 86 valence electrons. The Balaban J connectivity index is 2.91. The number of hydrogen-bond acceptors (Lipinski definition) is 3. The Labute approximate surface area is 99.0 Å². The summed E-state index contributed by atoms with van der Waals surface area (Å²) in [6, 6.07) is 5.09. The zero-order valence-corrected chi connectivity index (χ0v) is 9.38. The van der Waals surface area contributed by atoms with Crippen LogP contribution in [0.2, 0.25) is 0 Å². The number of nitrogens with zero attached hydrogens (tertiary/aromatic N) is 3. The fraction of sp³-hybridized carbons (Fsp3) is 0.250. The number of azide groups is 1. The minimum atomic E-state index is 0.111. The van der Waals surface area contributed by atoms with Crippen molar-refractivity contribution in [1.82, 2.24) is 0 Å². The predicted molar refractivity (Wildman–Crippen MR) is 63.9 cm³/mol. The summed E-state index contributed by atoms with van der Waals surface area (Å²) in [6.45, 7) is 2.46. The monoisotopic (exact) mass is 229 g/mol. The summed E-state index contributed by atoms with van der Waals surface area (Å²) in [7, 11) is 0. The molecule has 5 heteroatoms. The maximum absolute atomic E-state index is 10.8. The lowest BCUT2D eigenvalue weighted by Crippen LogP contribution is -1.96. The van der Waals surface area contributed by atoms with Crippen molar-refractivity contribution in [2.45, 2.75) is 6.92 Å². The maximum Gasteiger partial charge on any atom is 0.153 e. The van der Waals surface area contributed by atoms with Crippen molar-refractivity contribution in [1.29, 1.82) is 0 Å². The summed E-state index contributed by atoms with van der Waals surface area (Å²) in [6.07, 6.45) is 0.726. The molecular formula is C12H11N3O2. The molecule has 0 aliphatic rings. The molecule has 1 aromatic rings. The lowest BCUT2D eigenvalue weighted by atomic mass is 10.1. The van der Waals surface area contributed by atoms with Gasteiger partial charge in [-0.05, 0) is 30.7 Å². The molecule has 0 bridgehead atoms. The molecule has 0 saturated heterocycles. The van der Waals surface area contributed by atoms with Gasteiger partial charge in [-0.25, -0.2) is 0 Å². The Hall–Kier alpha value is -2.44. The Morgan fingerprint density at radius 2 is 2.41 bits per heavy atom. The molecule has 0 heterocycles. The third-order valence-corrected chi connectivity index (χ3v) is 1.88. The number of benzene rings is 1. The number of aldehydes is 1. The van der Waals surface area contributed by atoms with Crippen LogP contribution in [0.1, 0.15) is 22.8 Å². The van der Waals surface area contributed by atoms with Crippen LogP contribution in [0.25, 0.3) is 10.4 Å². The fourth-order valence-corrected chi connectivity index (χ4v) is 1.21. The van der Waals surface area contributed by atoms with E-state index in [4.69, 9.17) is 10.3 Å². The zero-order valence-electron chi connectivity index (χ0n) is 9.38. The summed E-state index contributed by atoms with van der Waals surface area (Å²) >= 11 is 0. The Bertz CT molecular complexity index is 508. The average molecular weight is 229 g/mol. The highest BCUT2D eigenvalue weighted by atomic mass is 16.5. The van der Waals surface area contributed by atoms with E-state index in [0.29, 0.717) is 23.5 Å². The third-order valence-electron chi connectivity index (χ3n) is 1.88. The molecule has 0 aromatic heterocycles. The number of ether oxygens (including phenoxy) is 1. The van der Waals surface area contributed by atoms with Crippen molar-refractivity contribution < 1.29 is 9.53 Å². The number of carbonyl (C=O) groups excluding carboxylic acids is 1. The van der Waals surface area contributed by atoms with Crippen molar-refractivity contribution in [3.63, 3.8) is 0 Å². The van der Waals surface area contributed by atoms with Gasteiger partial charge in [0.05, 0.1) is 18.7 Å². The molecule has 0 fully saturated rings. The van der Waals surface area contributed by atoms with Crippen LogP contribution in [0, 0.1) is 11.8 Å². The molecule has 0 unspecified atom stereocenters. The maximum atomic E-state index is 10.8. The normalized spacial score (nSPS) is 8.53. The van der Waals surface area contributed by atoms with E-state index in [-0.39, 0.29) is 6.54 Å². The second-order valence-electron chi connectivity index (χ2n) is 2.99. The van der Waals surface area contributed by atoms with Crippen molar-refractivity contribution in [3.05, 3.63) is 39.8 Å². The average Bonchev–Trinajstić information content (AvgIpc) is 2.36. The predicted octanol–water partition coefficient (Wildman–Crippen LogP) is 2.56. The van der Waals surface area contributed by atoms with Crippen LogP contribution in [-0.2, 0) is 0 Å². The summed E-state index contributed by atoms with van der Waals surface area (Å²) in [4.78, 5) is 13.4. The van der Waals surface area contributed by atoms with Crippen molar-refractivity contribution in [3.8, 4) is 17.6 Å². The molecule has 17 heavy (non-hydrogen) atoms. The molecule has 0 aliphatic heterocycles. The van der Waals surface area contributed by atoms with Gasteiger partial charge < -0.3 is 4.74 Å². The smallest absolute Gasteiger partial charge is 0.153 e. The van der Waals surface area contributed by atoms with Crippen LogP contribution in [0.15, 0.2) is 23.3 Å². The van der Waals surface area contributed by atoms with Gasteiger partial charge in [0.2, 0.25) is 0 Å². The molecule has 5 nitrogen and oxygen atoms in total. The molecule has 0 spiro atoms. The molecular weight excluding hydrogens is 218 g/mol. The standard InChI is InChI=1S/C12H11N3O2/c1-2-17-12-6-5-10(8-11(12)9-16)4-3-7-14-15-13/h5-6,8-9H,2,7H2,1H3. The van der Waals surface area contributed by atoms with E-state index in [0.717, 1.165) is 6.29 Å². The van der Waals surface area contributed by atoms with Crippen LogP contribution in [0.4, 0.5) is 0 Å². The number of rotatable bonds is 4. The van der Waals surface area contributed by atoms with Gasteiger partial charge in [0.1, 0.15) is 5.75 Å². The first-order valence-corrected chi connectivity index (χ1v) is 5.03. The highest BCUT2D eigenvalue weighted by Crippen LogP contribution is 2.17. The van der Waals surface area contributed by atoms with Gasteiger partial charge >= 0.3 is 0 Å². The van der Waals surface area contributed by atoms with E-state index in [2.05, 4.69) is 21.9 Å². The molecule has 0 atom stereocenters. The second-order valence-corrected chi connectivity index (χ2v) is 2.99. The molecule has 1 aromatic carbocycles. The van der Waals surface area contributed by atoms with E-state index in [1.165, 1.54) is 0 Å². The Kier molecular flexibility index (Phi) is 5.15. The number of carbonyl (C=O) groups is 1. The molecule has 0 aliphatic carbocycles. The van der Waals surface area contributed by atoms with Crippen molar-refractivity contribution in [2.75, 3.05) is 13.2 Å². The quantitative estimate of drug-likeness (QED) is 0.261. The molecule has 0 radical (unpaired) electrons. The SMILES string of the molecule is CCOc1ccc(C#CCN=[N+]=[N-])cc1C=O. The van der Waals surface area contributed by atoms with Gasteiger partial charge in [0.15, 0.2) is 6.29 Å². The van der Waals surface area contributed by atoms with Gasteiger partial charge in [0.25, 0.3) is 0 Å². The van der Waals surface area contributed by atoms with E-state index in [9.17, 15) is 4.79 Å². The van der Waals surface area contributed by atoms with Crippen LogP contribution >= 0.6 is 0 Å². The first-order chi connectivity index (χ1) is 8.31. The highest BCUT2D eigenvalue weighted by Gasteiger charge is 2.02. The first-order valence-electron chi connectivity index (χ1n) is 5.03. The largest absolute Gasteiger partial charge is 0.493 e. The van der Waals surface area contributed by atoms with Crippen LogP contribution in [-0.4, -0.2) is 19.4 Å². The van der Waals surface area contributed by atoms with E-state index < -0.39 is 0 Å². The first kappa shape index (κ1) is 12.6. The lowest BCUT2D eigenvalue weighted by molar-refractivity contribution is 0.112. The van der Waals surface area contributed by atoms with Crippen molar-refractivity contribution in [2.24, 2.45) is 5.11 Å². The number of hydrogen-bond donors (Lipinski definition) is 0. The van der Waals surface area contributed by atoms with Crippen LogP contribution in [0.5, 0.6) is 5.75 Å². The van der Waals surface area contributed by atoms with Crippen LogP contribution < -0.4 is 4.74 Å². The fourth-order valence-electron chi connectivity index (χ4n) is 1.21. The summed E-state index contributed by atoms with van der Waals surface area (Å²) in [5, 5.41) is 3.29. The second kappa shape index (κ2) is 6.94. The Morgan fingerprint density at radius 1 is 1.59 bits per heavy atom. The minimum Gasteiger partial charge on any atom is -0.493 e. The highest BCUT2D eigenvalue weighted by molar-refractivity contribution is 5.80. The Morgan fingerprint density at radius 3 is 3.06 bits per heavy atom. The molecule has 1 rings (SSSR count). The zero-order chi connectivity index (χ0) is 12.5. The summed E-state index contributed by atoms with van der Waals surface area (Å²) in [5.74, 6) is 6.02. The molecule has 0 amide bonds. The minimum absolute atomic E-state index is 0.111. The van der Waals surface area contributed by atoms with Gasteiger partial charge in [-0.2, -0.15) is 0 Å². The third kappa shape index (κ3) is 3.90. The lowest BCUT2D eigenvalue weighted by Gasteiger charge is -2.05. The van der Waals surface area contributed by atoms with Gasteiger partial charge in [-0.1, -0.05) is 17.0 Å². The van der Waals surface area contributed by atoms with Gasteiger partial charge in [-0.15, -0.1) is 0 Å². The van der Waals surface area contributed by atoms with Crippen LogP contribution in [0.3, 0.4) is 0 Å². The van der Waals surface area contributed by atoms with Gasteiger partial charge in [0, 0.05) is 10.5 Å². The van der Waals surface area contributed by atoms with Gasteiger partial charge in [-0.3, -0.25) is 4.79 Å². The topological polar surface area (TPSA) is 75.1 Å². The summed E-state index contributed by atoms with van der Waals surface area (Å²) < 4.78 is 5.28. The van der Waals surface area contributed by atoms with E-state index in [1.807, 2.05) is 6.92 Å². The molecule has 0 N–H and O–H groups in total. The molecule has 0 saturated carbocycles. The van der Waals surface area contributed by atoms with Crippen molar-refractivity contribution >= 4 is 6.29 Å². The van der Waals surface area contributed by atoms with E-state index >= 15 is 0 Å².